The highest BCUT2D eigenvalue weighted by molar-refractivity contribution is 5.92. The van der Waals surface area contributed by atoms with E-state index in [4.69, 9.17) is 0 Å². The molecule has 2 fully saturated rings. The van der Waals surface area contributed by atoms with Gasteiger partial charge in [-0.1, -0.05) is 30.3 Å². The predicted molar refractivity (Wildman–Crippen MR) is 79.5 cm³/mol. The summed E-state index contributed by atoms with van der Waals surface area (Å²) in [6, 6.07) is 10.7. The normalized spacial score (nSPS) is 21.4. The molecule has 0 spiro atoms. The third-order valence-electron chi connectivity index (χ3n) is 4.32. The summed E-state index contributed by atoms with van der Waals surface area (Å²) in [7, 11) is 0. The third kappa shape index (κ3) is 3.42. The molecule has 2 aliphatic rings. The molecule has 0 radical (unpaired) electrons. The van der Waals surface area contributed by atoms with E-state index in [0.717, 1.165) is 32.5 Å². The molecule has 1 aromatic carbocycles. The second-order valence-corrected chi connectivity index (χ2v) is 5.79. The minimum Gasteiger partial charge on any atom is -0.345 e. The second kappa shape index (κ2) is 6.26. The van der Waals surface area contributed by atoms with Gasteiger partial charge < -0.3 is 10.2 Å². The Bertz CT molecular complexity index is 510. The van der Waals surface area contributed by atoms with Gasteiger partial charge in [-0.3, -0.25) is 14.5 Å². The number of nitrogens with zero attached hydrogens (tertiary/aromatic N) is 2. The number of piperazine rings is 1. The van der Waals surface area contributed by atoms with Crippen molar-refractivity contribution in [2.45, 2.75) is 25.4 Å². The Morgan fingerprint density at radius 2 is 1.81 bits per heavy atom. The molecule has 5 nitrogen and oxygen atoms in total. The van der Waals surface area contributed by atoms with Crippen LogP contribution in [-0.2, 0) is 16.1 Å². The highest BCUT2D eigenvalue weighted by atomic mass is 16.2. The maximum atomic E-state index is 11.9. The molecule has 0 unspecified atom stereocenters. The topological polar surface area (TPSA) is 52.7 Å². The highest BCUT2D eigenvalue weighted by Crippen LogP contribution is 2.19. The van der Waals surface area contributed by atoms with E-state index in [-0.39, 0.29) is 30.9 Å². The lowest BCUT2D eigenvalue weighted by Gasteiger charge is -2.39. The predicted octanol–water partition coefficient (Wildman–Crippen LogP) is 0.609. The molecule has 2 saturated heterocycles. The largest absolute Gasteiger partial charge is 0.345 e. The number of nitrogens with one attached hydrogen (secondary N) is 1. The van der Waals surface area contributed by atoms with Gasteiger partial charge in [-0.15, -0.1) is 0 Å². The Kier molecular flexibility index (Phi) is 4.20. The first-order valence-corrected chi connectivity index (χ1v) is 7.55. The Morgan fingerprint density at radius 1 is 1.10 bits per heavy atom. The number of rotatable bonds is 3. The van der Waals surface area contributed by atoms with Crippen LogP contribution in [0.2, 0.25) is 0 Å². The zero-order chi connectivity index (χ0) is 14.7. The van der Waals surface area contributed by atoms with E-state index in [9.17, 15) is 9.59 Å². The van der Waals surface area contributed by atoms with Crippen LogP contribution in [0.1, 0.15) is 18.4 Å². The van der Waals surface area contributed by atoms with Gasteiger partial charge in [0.15, 0.2) is 0 Å². The molecule has 5 heteroatoms. The molecular formula is C16H21N3O2. The number of hydrogen-bond acceptors (Lipinski definition) is 3. The fourth-order valence-corrected chi connectivity index (χ4v) is 3.14. The Morgan fingerprint density at radius 3 is 2.52 bits per heavy atom. The molecule has 3 rings (SSSR count). The fourth-order valence-electron chi connectivity index (χ4n) is 3.14. The van der Waals surface area contributed by atoms with Crippen molar-refractivity contribution in [2.24, 2.45) is 0 Å². The molecule has 2 aliphatic heterocycles. The summed E-state index contributed by atoms with van der Waals surface area (Å²) >= 11 is 0. The minimum absolute atomic E-state index is 0.0404. The molecular weight excluding hydrogens is 266 g/mol. The van der Waals surface area contributed by atoms with Gasteiger partial charge in [0.25, 0.3) is 0 Å². The Labute approximate surface area is 124 Å². The van der Waals surface area contributed by atoms with Crippen LogP contribution in [0.15, 0.2) is 30.3 Å². The van der Waals surface area contributed by atoms with Crippen molar-refractivity contribution in [3.63, 3.8) is 0 Å². The number of carbonyl (C=O) groups is 2. The molecule has 2 amide bonds. The average molecular weight is 287 g/mol. The van der Waals surface area contributed by atoms with Crippen molar-refractivity contribution in [1.29, 1.82) is 0 Å². The van der Waals surface area contributed by atoms with Gasteiger partial charge in [0, 0.05) is 25.7 Å². The van der Waals surface area contributed by atoms with E-state index < -0.39 is 0 Å². The maximum Gasteiger partial charge on any atom is 0.242 e. The molecule has 1 aromatic rings. The van der Waals surface area contributed by atoms with Crippen molar-refractivity contribution in [1.82, 2.24) is 15.1 Å². The number of likely N-dealkylation sites (tertiary alicyclic amines) is 1. The van der Waals surface area contributed by atoms with Gasteiger partial charge in [0.2, 0.25) is 11.8 Å². The first-order chi connectivity index (χ1) is 10.2. The minimum atomic E-state index is -0.0404. The van der Waals surface area contributed by atoms with E-state index in [2.05, 4.69) is 34.5 Å². The lowest BCUT2D eigenvalue weighted by molar-refractivity contribution is -0.143. The van der Waals surface area contributed by atoms with Crippen LogP contribution in [0.25, 0.3) is 0 Å². The zero-order valence-corrected chi connectivity index (χ0v) is 12.1. The maximum absolute atomic E-state index is 11.9. The number of piperidine rings is 1. The fraction of sp³-hybridized carbons (Fsp3) is 0.500. The molecule has 0 saturated carbocycles. The first-order valence-electron chi connectivity index (χ1n) is 7.55. The third-order valence-corrected chi connectivity index (χ3v) is 4.32. The second-order valence-electron chi connectivity index (χ2n) is 5.79. The van der Waals surface area contributed by atoms with E-state index in [1.54, 1.807) is 4.90 Å². The molecule has 0 aromatic heterocycles. The summed E-state index contributed by atoms with van der Waals surface area (Å²) in [6.07, 6.45) is 1.90. The standard InChI is InChI=1S/C16H21N3O2/c20-15-12-19(16(21)10-17-15)14-6-8-18(9-7-14)11-13-4-2-1-3-5-13/h1-5,14H,6-12H2,(H,17,20). The van der Waals surface area contributed by atoms with E-state index >= 15 is 0 Å². The summed E-state index contributed by atoms with van der Waals surface area (Å²) in [4.78, 5) is 27.5. The molecule has 112 valence electrons. The van der Waals surface area contributed by atoms with E-state index in [1.165, 1.54) is 5.56 Å². The van der Waals surface area contributed by atoms with Crippen molar-refractivity contribution in [3.05, 3.63) is 35.9 Å². The molecule has 0 bridgehead atoms. The van der Waals surface area contributed by atoms with Crippen molar-refractivity contribution in [2.75, 3.05) is 26.2 Å². The smallest absolute Gasteiger partial charge is 0.242 e. The summed E-state index contributed by atoms with van der Waals surface area (Å²) in [5.41, 5.74) is 1.32. The summed E-state index contributed by atoms with van der Waals surface area (Å²) < 4.78 is 0. The molecule has 0 aliphatic carbocycles. The first kappa shape index (κ1) is 14.1. The molecule has 1 N–H and O–H groups in total. The number of carbonyl (C=O) groups excluding carboxylic acids is 2. The molecule has 2 heterocycles. The van der Waals surface area contributed by atoms with Gasteiger partial charge in [0.05, 0.1) is 13.1 Å². The number of amides is 2. The van der Waals surface area contributed by atoms with E-state index in [1.807, 2.05) is 6.07 Å². The number of benzene rings is 1. The van der Waals surface area contributed by atoms with Gasteiger partial charge >= 0.3 is 0 Å². The SMILES string of the molecule is O=C1CN(C2CCN(Cc3ccccc3)CC2)C(=O)CN1. The van der Waals surface area contributed by atoms with Crippen molar-refractivity contribution >= 4 is 11.8 Å². The monoisotopic (exact) mass is 287 g/mol. The van der Waals surface area contributed by atoms with Gasteiger partial charge in [-0.25, -0.2) is 0 Å². The average Bonchev–Trinajstić information content (AvgIpc) is 2.52. The van der Waals surface area contributed by atoms with Gasteiger partial charge in [-0.2, -0.15) is 0 Å². The van der Waals surface area contributed by atoms with Crippen LogP contribution in [0.4, 0.5) is 0 Å². The summed E-state index contributed by atoms with van der Waals surface area (Å²) in [5.74, 6) is 0.0115. The van der Waals surface area contributed by atoms with Crippen LogP contribution in [0, 0.1) is 0 Å². The van der Waals surface area contributed by atoms with Crippen molar-refractivity contribution in [3.8, 4) is 0 Å². The lowest BCUT2D eigenvalue weighted by atomic mass is 10.0. The quantitative estimate of drug-likeness (QED) is 0.886. The Hall–Kier alpha value is -1.88. The van der Waals surface area contributed by atoms with Crippen LogP contribution in [0.3, 0.4) is 0 Å². The van der Waals surface area contributed by atoms with Crippen LogP contribution < -0.4 is 5.32 Å². The van der Waals surface area contributed by atoms with E-state index in [0.29, 0.717) is 0 Å². The zero-order valence-electron chi connectivity index (χ0n) is 12.1. The molecule has 21 heavy (non-hydrogen) atoms. The number of hydrogen-bond donors (Lipinski definition) is 1. The summed E-state index contributed by atoms with van der Waals surface area (Å²) in [5, 5.41) is 2.60. The molecule has 0 atom stereocenters. The highest BCUT2D eigenvalue weighted by Gasteiger charge is 2.31. The van der Waals surface area contributed by atoms with Crippen LogP contribution in [0.5, 0.6) is 0 Å². The van der Waals surface area contributed by atoms with Gasteiger partial charge in [0.1, 0.15) is 0 Å². The van der Waals surface area contributed by atoms with Crippen LogP contribution >= 0.6 is 0 Å². The summed E-state index contributed by atoms with van der Waals surface area (Å²) in [6.45, 7) is 3.29. The Balaban J connectivity index is 1.53. The lowest BCUT2D eigenvalue weighted by Crippen LogP contribution is -2.57. The van der Waals surface area contributed by atoms with Crippen LogP contribution in [-0.4, -0.2) is 53.8 Å². The van der Waals surface area contributed by atoms with Gasteiger partial charge in [-0.05, 0) is 18.4 Å². The van der Waals surface area contributed by atoms with Crippen molar-refractivity contribution < 1.29 is 9.59 Å².